The summed E-state index contributed by atoms with van der Waals surface area (Å²) >= 11 is 9.62. The van der Waals surface area contributed by atoms with E-state index >= 15 is 0 Å². The van der Waals surface area contributed by atoms with Crippen LogP contribution in [0.5, 0.6) is 0 Å². The van der Waals surface area contributed by atoms with Crippen LogP contribution in [0.2, 0.25) is 5.02 Å². The highest BCUT2D eigenvalue weighted by Crippen LogP contribution is 2.29. The molecule has 1 atom stereocenters. The molecule has 0 saturated carbocycles. The molecule has 0 radical (unpaired) electrons. The second-order valence-electron chi connectivity index (χ2n) is 4.71. The summed E-state index contributed by atoms with van der Waals surface area (Å²) in [5.41, 5.74) is 3.92. The minimum Gasteiger partial charge on any atom is -0.271 e. The molecule has 3 N–H and O–H groups in total. The van der Waals surface area contributed by atoms with Gasteiger partial charge in [-0.3, -0.25) is 11.3 Å². The van der Waals surface area contributed by atoms with Gasteiger partial charge in [-0.1, -0.05) is 60.3 Å². The van der Waals surface area contributed by atoms with Crippen LogP contribution >= 0.6 is 27.5 Å². The van der Waals surface area contributed by atoms with E-state index in [-0.39, 0.29) is 6.04 Å². The van der Waals surface area contributed by atoms with Gasteiger partial charge in [-0.2, -0.15) is 0 Å². The smallest absolute Gasteiger partial charge is 0.0474 e. The summed E-state index contributed by atoms with van der Waals surface area (Å²) in [6, 6.07) is 6.05. The highest BCUT2D eigenvalue weighted by Gasteiger charge is 2.13. The molecule has 1 aromatic rings. The number of halogens is 2. The summed E-state index contributed by atoms with van der Waals surface area (Å²) in [6.07, 6.45) is 3.38. The van der Waals surface area contributed by atoms with Crippen molar-refractivity contribution in [3.63, 3.8) is 0 Å². The molecule has 0 aromatic heterocycles. The van der Waals surface area contributed by atoms with Crippen molar-refractivity contribution in [1.29, 1.82) is 0 Å². The van der Waals surface area contributed by atoms with Gasteiger partial charge in [0.2, 0.25) is 0 Å². The van der Waals surface area contributed by atoms with Gasteiger partial charge in [-0.05, 0) is 30.0 Å². The molecule has 17 heavy (non-hydrogen) atoms. The Bertz CT molecular complexity index is 355. The summed E-state index contributed by atoms with van der Waals surface area (Å²) in [5, 5.41) is 0.756. The molecule has 1 rings (SSSR count). The molecule has 0 amide bonds. The minimum absolute atomic E-state index is 0.134. The molecule has 0 aliphatic heterocycles. The Balaban J connectivity index is 2.66. The number of benzene rings is 1. The third kappa shape index (κ3) is 4.96. The van der Waals surface area contributed by atoms with Crippen molar-refractivity contribution in [3.8, 4) is 0 Å². The summed E-state index contributed by atoms with van der Waals surface area (Å²) in [6.45, 7) is 4.47. The zero-order chi connectivity index (χ0) is 12.8. The molecule has 0 bridgehead atoms. The van der Waals surface area contributed by atoms with Crippen LogP contribution < -0.4 is 11.3 Å². The third-order valence-electron chi connectivity index (χ3n) is 2.81. The molecule has 0 saturated heterocycles. The van der Waals surface area contributed by atoms with Crippen LogP contribution in [-0.4, -0.2) is 0 Å². The van der Waals surface area contributed by atoms with Crippen LogP contribution in [0.4, 0.5) is 0 Å². The number of nitrogens with two attached hydrogens (primary N) is 1. The summed E-state index contributed by atoms with van der Waals surface area (Å²) in [4.78, 5) is 0. The van der Waals surface area contributed by atoms with E-state index in [0.717, 1.165) is 33.8 Å². The van der Waals surface area contributed by atoms with Gasteiger partial charge in [-0.25, -0.2) is 0 Å². The van der Waals surface area contributed by atoms with Crippen LogP contribution in [0.1, 0.15) is 44.7 Å². The fourth-order valence-electron chi connectivity index (χ4n) is 1.84. The van der Waals surface area contributed by atoms with Crippen LogP contribution in [0.15, 0.2) is 22.7 Å². The first-order valence-electron chi connectivity index (χ1n) is 5.95. The number of nitrogens with one attached hydrogen (secondary N) is 1. The van der Waals surface area contributed by atoms with Crippen LogP contribution in [0.3, 0.4) is 0 Å². The molecule has 0 fully saturated rings. The molecular weight excluding hydrogens is 300 g/mol. The maximum Gasteiger partial charge on any atom is 0.0474 e. The lowest BCUT2D eigenvalue weighted by atomic mass is 9.98. The maximum atomic E-state index is 6.22. The van der Waals surface area contributed by atoms with Crippen LogP contribution in [0.25, 0.3) is 0 Å². The van der Waals surface area contributed by atoms with E-state index in [1.807, 2.05) is 18.2 Å². The van der Waals surface area contributed by atoms with Gasteiger partial charge >= 0.3 is 0 Å². The standard InChI is InChI=1S/C13H20BrClN2/c1-9(2)4-3-5-13(17-16)11-7-6-10(14)8-12(11)15/h6-9,13,17H,3-5,16H2,1-2H3. The molecule has 1 aromatic carbocycles. The summed E-state index contributed by atoms with van der Waals surface area (Å²) < 4.78 is 0.990. The average Bonchev–Trinajstić information content (AvgIpc) is 2.25. The molecule has 0 aliphatic rings. The van der Waals surface area contributed by atoms with Crippen molar-refractivity contribution in [3.05, 3.63) is 33.3 Å². The van der Waals surface area contributed by atoms with E-state index < -0.39 is 0 Å². The third-order valence-corrected chi connectivity index (χ3v) is 3.63. The Hall–Kier alpha value is -0.0900. The van der Waals surface area contributed by atoms with E-state index in [1.54, 1.807) is 0 Å². The monoisotopic (exact) mass is 318 g/mol. The van der Waals surface area contributed by atoms with E-state index in [2.05, 4.69) is 35.2 Å². The fourth-order valence-corrected chi connectivity index (χ4v) is 2.65. The number of hydrogen-bond acceptors (Lipinski definition) is 2. The largest absolute Gasteiger partial charge is 0.271 e. The zero-order valence-corrected chi connectivity index (χ0v) is 12.7. The average molecular weight is 320 g/mol. The quantitative estimate of drug-likeness (QED) is 0.601. The lowest BCUT2D eigenvalue weighted by Crippen LogP contribution is -2.28. The van der Waals surface area contributed by atoms with Crippen molar-refractivity contribution in [2.75, 3.05) is 0 Å². The van der Waals surface area contributed by atoms with Gasteiger partial charge in [0, 0.05) is 15.5 Å². The number of hydrogen-bond donors (Lipinski definition) is 2. The van der Waals surface area contributed by atoms with E-state index in [9.17, 15) is 0 Å². The van der Waals surface area contributed by atoms with Gasteiger partial charge in [0.25, 0.3) is 0 Å². The van der Waals surface area contributed by atoms with E-state index in [1.165, 1.54) is 6.42 Å². The molecule has 2 nitrogen and oxygen atoms in total. The van der Waals surface area contributed by atoms with Gasteiger partial charge in [0.15, 0.2) is 0 Å². The predicted molar refractivity (Wildman–Crippen MR) is 77.9 cm³/mol. The fraction of sp³-hybridized carbons (Fsp3) is 0.538. The predicted octanol–water partition coefficient (Wildman–Crippen LogP) is 4.43. The normalized spacial score (nSPS) is 13.1. The maximum absolute atomic E-state index is 6.22. The Labute approximate surface area is 117 Å². The Kier molecular flexibility index (Phi) is 6.49. The highest BCUT2D eigenvalue weighted by atomic mass is 79.9. The van der Waals surface area contributed by atoms with Crippen molar-refractivity contribution < 1.29 is 0 Å². The SMILES string of the molecule is CC(C)CCCC(NN)c1ccc(Br)cc1Cl. The Morgan fingerprint density at radius 2 is 2.06 bits per heavy atom. The molecule has 0 heterocycles. The topological polar surface area (TPSA) is 38.0 Å². The van der Waals surface area contributed by atoms with Gasteiger partial charge in [0.1, 0.15) is 0 Å². The van der Waals surface area contributed by atoms with Gasteiger partial charge in [0.05, 0.1) is 0 Å². The van der Waals surface area contributed by atoms with Crippen molar-refractivity contribution in [2.24, 2.45) is 11.8 Å². The summed E-state index contributed by atoms with van der Waals surface area (Å²) in [7, 11) is 0. The first-order chi connectivity index (χ1) is 8.04. The van der Waals surface area contributed by atoms with E-state index in [0.29, 0.717) is 0 Å². The Morgan fingerprint density at radius 3 is 2.59 bits per heavy atom. The van der Waals surface area contributed by atoms with Crippen molar-refractivity contribution >= 4 is 27.5 Å². The second kappa shape index (κ2) is 7.37. The highest BCUT2D eigenvalue weighted by molar-refractivity contribution is 9.10. The molecule has 96 valence electrons. The van der Waals surface area contributed by atoms with Crippen LogP contribution in [0, 0.1) is 5.92 Å². The molecular formula is C13H20BrClN2. The molecule has 1 unspecified atom stereocenters. The lowest BCUT2D eigenvalue weighted by molar-refractivity contribution is 0.455. The van der Waals surface area contributed by atoms with Crippen molar-refractivity contribution in [2.45, 2.75) is 39.2 Å². The minimum atomic E-state index is 0.134. The van der Waals surface area contributed by atoms with Crippen molar-refractivity contribution in [1.82, 2.24) is 5.43 Å². The number of hydrazine groups is 1. The molecule has 0 spiro atoms. The lowest BCUT2D eigenvalue weighted by Gasteiger charge is -2.18. The first-order valence-corrected chi connectivity index (χ1v) is 7.12. The Morgan fingerprint density at radius 1 is 1.35 bits per heavy atom. The molecule has 4 heteroatoms. The number of rotatable bonds is 6. The summed E-state index contributed by atoms with van der Waals surface area (Å²) in [5.74, 6) is 6.34. The first kappa shape index (κ1) is 15.0. The second-order valence-corrected chi connectivity index (χ2v) is 6.03. The van der Waals surface area contributed by atoms with Crippen LogP contribution in [-0.2, 0) is 0 Å². The zero-order valence-electron chi connectivity index (χ0n) is 10.3. The van der Waals surface area contributed by atoms with Gasteiger partial charge in [-0.15, -0.1) is 0 Å². The van der Waals surface area contributed by atoms with E-state index in [4.69, 9.17) is 17.4 Å². The molecule has 0 aliphatic carbocycles. The van der Waals surface area contributed by atoms with Gasteiger partial charge < -0.3 is 0 Å².